The van der Waals surface area contributed by atoms with Crippen LogP contribution in [0.15, 0.2) is 35.7 Å². The zero-order valence-electron chi connectivity index (χ0n) is 12.9. The van der Waals surface area contributed by atoms with Gasteiger partial charge in [0.15, 0.2) is 0 Å². The molecule has 0 atom stereocenters. The summed E-state index contributed by atoms with van der Waals surface area (Å²) < 4.78 is 13.6. The van der Waals surface area contributed by atoms with E-state index in [9.17, 15) is 4.39 Å². The number of benzene rings is 1. The zero-order valence-corrected chi connectivity index (χ0v) is 13.7. The van der Waals surface area contributed by atoms with Gasteiger partial charge in [0.25, 0.3) is 0 Å². The zero-order chi connectivity index (χ0) is 15.2. The lowest BCUT2D eigenvalue weighted by molar-refractivity contribution is 0.580. The molecule has 0 spiro atoms. The van der Waals surface area contributed by atoms with E-state index in [1.165, 1.54) is 4.88 Å². The van der Waals surface area contributed by atoms with E-state index in [-0.39, 0.29) is 5.82 Å². The second-order valence-electron chi connectivity index (χ2n) is 5.40. The highest BCUT2D eigenvalue weighted by molar-refractivity contribution is 7.09. The van der Waals surface area contributed by atoms with Gasteiger partial charge in [-0.2, -0.15) is 0 Å². The first-order chi connectivity index (χ1) is 10.1. The van der Waals surface area contributed by atoms with Crippen molar-refractivity contribution in [2.75, 3.05) is 11.4 Å². The SMILES string of the molecule is CCN(Cc1cccs1)c1ccc(F)cc1CNC(C)C. The Bertz CT molecular complexity index is 552. The van der Waals surface area contributed by atoms with Gasteiger partial charge in [-0.1, -0.05) is 19.9 Å². The van der Waals surface area contributed by atoms with Crippen molar-refractivity contribution >= 4 is 17.0 Å². The van der Waals surface area contributed by atoms with Crippen LogP contribution >= 0.6 is 11.3 Å². The average molecular weight is 306 g/mol. The van der Waals surface area contributed by atoms with E-state index in [1.807, 2.05) is 6.07 Å². The molecule has 114 valence electrons. The van der Waals surface area contributed by atoms with Crippen molar-refractivity contribution in [2.45, 2.75) is 39.9 Å². The molecule has 0 aliphatic carbocycles. The lowest BCUT2D eigenvalue weighted by Crippen LogP contribution is -2.26. The molecule has 1 heterocycles. The van der Waals surface area contributed by atoms with Gasteiger partial charge in [-0.25, -0.2) is 4.39 Å². The van der Waals surface area contributed by atoms with Gasteiger partial charge >= 0.3 is 0 Å². The molecule has 0 aliphatic rings. The largest absolute Gasteiger partial charge is 0.366 e. The van der Waals surface area contributed by atoms with E-state index in [0.29, 0.717) is 12.6 Å². The molecule has 2 rings (SSSR count). The third kappa shape index (κ3) is 4.55. The molecule has 0 unspecified atom stereocenters. The lowest BCUT2D eigenvalue weighted by Gasteiger charge is -2.26. The van der Waals surface area contributed by atoms with Crippen LogP contribution in [0.1, 0.15) is 31.2 Å². The maximum Gasteiger partial charge on any atom is 0.123 e. The van der Waals surface area contributed by atoms with Crippen molar-refractivity contribution in [3.63, 3.8) is 0 Å². The minimum atomic E-state index is -0.175. The highest BCUT2D eigenvalue weighted by atomic mass is 32.1. The Labute approximate surface area is 130 Å². The summed E-state index contributed by atoms with van der Waals surface area (Å²) in [5.41, 5.74) is 2.13. The van der Waals surface area contributed by atoms with E-state index in [2.05, 4.69) is 48.5 Å². The summed E-state index contributed by atoms with van der Waals surface area (Å²) in [6, 6.07) is 9.67. The smallest absolute Gasteiger partial charge is 0.123 e. The number of halogens is 1. The number of nitrogens with one attached hydrogen (secondary N) is 1. The molecule has 1 N–H and O–H groups in total. The summed E-state index contributed by atoms with van der Waals surface area (Å²) in [4.78, 5) is 3.62. The van der Waals surface area contributed by atoms with Crippen molar-refractivity contribution in [2.24, 2.45) is 0 Å². The van der Waals surface area contributed by atoms with E-state index in [4.69, 9.17) is 0 Å². The first-order valence-corrected chi connectivity index (χ1v) is 8.27. The van der Waals surface area contributed by atoms with Gasteiger partial charge < -0.3 is 10.2 Å². The Morgan fingerprint density at radius 3 is 2.71 bits per heavy atom. The maximum atomic E-state index is 13.6. The van der Waals surface area contributed by atoms with Gasteiger partial charge in [-0.05, 0) is 42.1 Å². The van der Waals surface area contributed by atoms with E-state index < -0.39 is 0 Å². The van der Waals surface area contributed by atoms with Crippen LogP contribution in [-0.4, -0.2) is 12.6 Å². The number of thiophene rings is 1. The van der Waals surface area contributed by atoms with Gasteiger partial charge in [-0.3, -0.25) is 0 Å². The van der Waals surface area contributed by atoms with Crippen molar-refractivity contribution in [1.29, 1.82) is 0 Å². The predicted octanol–water partition coefficient (Wildman–Crippen LogP) is 4.41. The van der Waals surface area contributed by atoms with E-state index in [1.54, 1.807) is 23.5 Å². The fraction of sp³-hybridized carbons (Fsp3) is 0.412. The Morgan fingerprint density at radius 1 is 1.29 bits per heavy atom. The Kier molecular flexibility index (Phi) is 5.76. The third-order valence-electron chi connectivity index (χ3n) is 3.39. The average Bonchev–Trinajstić information content (AvgIpc) is 2.96. The van der Waals surface area contributed by atoms with Gasteiger partial charge in [0.05, 0.1) is 6.54 Å². The molecule has 0 saturated heterocycles. The summed E-state index contributed by atoms with van der Waals surface area (Å²) in [6.07, 6.45) is 0. The van der Waals surface area contributed by atoms with Gasteiger partial charge in [0, 0.05) is 29.7 Å². The van der Waals surface area contributed by atoms with Crippen molar-refractivity contribution in [3.8, 4) is 0 Å². The first kappa shape index (κ1) is 16.0. The summed E-state index contributed by atoms with van der Waals surface area (Å²) in [7, 11) is 0. The fourth-order valence-electron chi connectivity index (χ4n) is 2.28. The van der Waals surface area contributed by atoms with Crippen LogP contribution in [0.4, 0.5) is 10.1 Å². The van der Waals surface area contributed by atoms with Crippen LogP contribution in [0.25, 0.3) is 0 Å². The Hall–Kier alpha value is -1.39. The minimum Gasteiger partial charge on any atom is -0.366 e. The number of rotatable bonds is 7. The summed E-state index contributed by atoms with van der Waals surface area (Å²) >= 11 is 1.76. The number of hydrogen-bond donors (Lipinski definition) is 1. The summed E-state index contributed by atoms with van der Waals surface area (Å²) in [5.74, 6) is -0.175. The van der Waals surface area contributed by atoms with Crippen LogP contribution in [0.2, 0.25) is 0 Å². The molecule has 0 bridgehead atoms. The molecule has 0 saturated carbocycles. The molecule has 4 heteroatoms. The van der Waals surface area contributed by atoms with Gasteiger partial charge in [0.2, 0.25) is 0 Å². The molecule has 21 heavy (non-hydrogen) atoms. The highest BCUT2D eigenvalue weighted by Gasteiger charge is 2.12. The lowest BCUT2D eigenvalue weighted by atomic mass is 10.1. The van der Waals surface area contributed by atoms with Crippen LogP contribution in [0.5, 0.6) is 0 Å². The quantitative estimate of drug-likeness (QED) is 0.815. The minimum absolute atomic E-state index is 0.175. The second kappa shape index (κ2) is 7.57. The molecule has 0 amide bonds. The van der Waals surface area contributed by atoms with Crippen LogP contribution in [0, 0.1) is 5.82 Å². The molecular weight excluding hydrogens is 283 g/mol. The Balaban J connectivity index is 2.22. The van der Waals surface area contributed by atoms with Crippen molar-refractivity contribution < 1.29 is 4.39 Å². The van der Waals surface area contributed by atoms with E-state index >= 15 is 0 Å². The first-order valence-electron chi connectivity index (χ1n) is 7.39. The van der Waals surface area contributed by atoms with E-state index in [0.717, 1.165) is 24.3 Å². The van der Waals surface area contributed by atoms with Gasteiger partial charge in [-0.15, -0.1) is 11.3 Å². The molecular formula is C17H23FN2S. The molecule has 0 radical (unpaired) electrons. The molecule has 0 aliphatic heterocycles. The van der Waals surface area contributed by atoms with Crippen LogP contribution in [-0.2, 0) is 13.1 Å². The number of hydrogen-bond acceptors (Lipinski definition) is 3. The van der Waals surface area contributed by atoms with Gasteiger partial charge in [0.1, 0.15) is 5.82 Å². The highest BCUT2D eigenvalue weighted by Crippen LogP contribution is 2.25. The monoisotopic (exact) mass is 306 g/mol. The summed E-state index contributed by atoms with van der Waals surface area (Å²) in [6.45, 7) is 8.79. The normalized spacial score (nSPS) is 11.1. The fourth-order valence-corrected chi connectivity index (χ4v) is 3.00. The van der Waals surface area contributed by atoms with Crippen molar-refractivity contribution in [1.82, 2.24) is 5.32 Å². The predicted molar refractivity (Wildman–Crippen MR) is 89.4 cm³/mol. The standard InChI is InChI=1S/C17H23FN2S/c1-4-20(12-16-6-5-9-21-16)17-8-7-15(18)10-14(17)11-19-13(2)3/h5-10,13,19H,4,11-12H2,1-3H3. The molecule has 2 aromatic rings. The van der Waals surface area contributed by atoms with Crippen LogP contribution in [0.3, 0.4) is 0 Å². The summed E-state index contributed by atoms with van der Waals surface area (Å²) in [5, 5.41) is 5.47. The Morgan fingerprint density at radius 2 is 2.10 bits per heavy atom. The molecule has 1 aromatic carbocycles. The number of nitrogens with zero attached hydrogens (tertiary/aromatic N) is 1. The second-order valence-corrected chi connectivity index (χ2v) is 6.43. The molecule has 0 fully saturated rings. The van der Waals surface area contributed by atoms with Crippen LogP contribution < -0.4 is 10.2 Å². The topological polar surface area (TPSA) is 15.3 Å². The van der Waals surface area contributed by atoms with Crippen molar-refractivity contribution in [3.05, 3.63) is 52.0 Å². The number of anilines is 1. The maximum absolute atomic E-state index is 13.6. The molecule has 2 nitrogen and oxygen atoms in total. The molecule has 1 aromatic heterocycles. The third-order valence-corrected chi connectivity index (χ3v) is 4.25.